The van der Waals surface area contributed by atoms with Crippen molar-refractivity contribution in [1.29, 1.82) is 0 Å². The van der Waals surface area contributed by atoms with Crippen molar-refractivity contribution in [3.63, 3.8) is 0 Å². The number of amides is 1. The average Bonchev–Trinajstić information content (AvgIpc) is 3.50. The van der Waals surface area contributed by atoms with Gasteiger partial charge in [-0.2, -0.15) is 5.10 Å². The molecule has 1 unspecified atom stereocenters. The largest absolute Gasteiger partial charge is 0.333 e. The van der Waals surface area contributed by atoms with Gasteiger partial charge in [0.1, 0.15) is 0 Å². The Morgan fingerprint density at radius 3 is 2.79 bits per heavy atom. The molecule has 4 heterocycles. The van der Waals surface area contributed by atoms with E-state index >= 15 is 0 Å². The highest BCUT2D eigenvalue weighted by atomic mass is 32.2. The Labute approximate surface area is 174 Å². The number of fused-ring (bicyclic) bond motifs is 1. The Morgan fingerprint density at radius 1 is 1.14 bits per heavy atom. The summed E-state index contributed by atoms with van der Waals surface area (Å²) >= 11 is 4.75. The van der Waals surface area contributed by atoms with Crippen LogP contribution in [0.5, 0.6) is 0 Å². The van der Waals surface area contributed by atoms with Gasteiger partial charge in [0.25, 0.3) is 5.91 Å². The predicted octanol–water partition coefficient (Wildman–Crippen LogP) is 5.16. The summed E-state index contributed by atoms with van der Waals surface area (Å²) in [6.07, 6.45) is 0.752. The number of nitrogens with zero attached hydrogens (tertiary/aromatic N) is 3. The maximum Gasteiger partial charge on any atom is 0.253 e. The van der Waals surface area contributed by atoms with Crippen molar-refractivity contribution in [3.8, 4) is 0 Å². The first kappa shape index (κ1) is 17.7. The molecule has 140 valence electrons. The molecule has 5 rings (SSSR count). The Morgan fingerprint density at radius 2 is 2.00 bits per heavy atom. The van der Waals surface area contributed by atoms with Crippen LogP contribution in [-0.4, -0.2) is 32.3 Å². The summed E-state index contributed by atoms with van der Waals surface area (Å²) in [6.45, 7) is 0. The zero-order valence-corrected chi connectivity index (χ0v) is 17.2. The van der Waals surface area contributed by atoms with Crippen molar-refractivity contribution < 1.29 is 4.79 Å². The molecule has 0 aliphatic carbocycles. The second kappa shape index (κ2) is 7.54. The molecule has 1 atom stereocenters. The third-order valence-corrected chi connectivity index (χ3v) is 7.29. The number of thioether (sulfide) groups is 1. The van der Waals surface area contributed by atoms with E-state index in [1.54, 1.807) is 27.7 Å². The molecule has 4 aromatic rings. The van der Waals surface area contributed by atoms with Crippen molar-refractivity contribution >= 4 is 57.1 Å². The fourth-order valence-electron chi connectivity index (χ4n) is 3.23. The van der Waals surface area contributed by atoms with Gasteiger partial charge in [0.05, 0.1) is 33.4 Å². The molecule has 0 radical (unpaired) electrons. The number of nitrogens with one attached hydrogen (secondary N) is 1. The molecule has 5 nitrogen and oxygen atoms in total. The van der Waals surface area contributed by atoms with Gasteiger partial charge in [-0.3, -0.25) is 4.79 Å². The van der Waals surface area contributed by atoms with E-state index in [0.717, 1.165) is 38.1 Å². The first-order valence-electron chi connectivity index (χ1n) is 8.82. The standard InChI is InChI=1S/C20H16N4OS3/c25-19(12-28-20-21-13-5-1-2-6-14(13)22-20)24-16(18-8-4-10-27-18)11-15(23-24)17-7-3-9-26-17/h1-10,16H,11-12H2,(H,21,22). The second-order valence-electron chi connectivity index (χ2n) is 6.35. The monoisotopic (exact) mass is 424 g/mol. The lowest BCUT2D eigenvalue weighted by atomic mass is 10.1. The summed E-state index contributed by atoms with van der Waals surface area (Å²) < 4.78 is 0. The van der Waals surface area contributed by atoms with Gasteiger partial charge < -0.3 is 4.98 Å². The van der Waals surface area contributed by atoms with Crippen molar-refractivity contribution in [2.45, 2.75) is 17.6 Å². The minimum atomic E-state index is -0.0270. The molecule has 0 saturated heterocycles. The Hall–Kier alpha value is -2.42. The van der Waals surface area contributed by atoms with Crippen LogP contribution in [0.3, 0.4) is 0 Å². The number of rotatable bonds is 5. The Balaban J connectivity index is 1.36. The number of H-pyrrole nitrogens is 1. The van der Waals surface area contributed by atoms with Crippen LogP contribution in [0.4, 0.5) is 0 Å². The topological polar surface area (TPSA) is 61.4 Å². The van der Waals surface area contributed by atoms with Gasteiger partial charge in [0.2, 0.25) is 0 Å². The van der Waals surface area contributed by atoms with Crippen LogP contribution in [-0.2, 0) is 4.79 Å². The first-order chi connectivity index (χ1) is 13.8. The molecule has 0 saturated carbocycles. The predicted molar refractivity (Wildman–Crippen MR) is 116 cm³/mol. The molecule has 1 N–H and O–H groups in total. The fourth-order valence-corrected chi connectivity index (χ4v) is 5.50. The number of aromatic amines is 1. The van der Waals surface area contributed by atoms with E-state index in [1.807, 2.05) is 47.2 Å². The summed E-state index contributed by atoms with van der Waals surface area (Å²) in [5, 5.41) is 11.2. The molecular formula is C20H16N4OS3. The number of hydrazone groups is 1. The van der Waals surface area contributed by atoms with Gasteiger partial charge in [-0.15, -0.1) is 22.7 Å². The number of para-hydroxylation sites is 2. The molecular weight excluding hydrogens is 408 g/mol. The van der Waals surface area contributed by atoms with E-state index in [4.69, 9.17) is 5.10 Å². The number of hydrogen-bond donors (Lipinski definition) is 1. The minimum absolute atomic E-state index is 0.00425. The summed E-state index contributed by atoms with van der Waals surface area (Å²) in [7, 11) is 0. The number of hydrogen-bond acceptors (Lipinski definition) is 6. The summed E-state index contributed by atoms with van der Waals surface area (Å²) in [5.41, 5.74) is 2.87. The molecule has 8 heteroatoms. The van der Waals surface area contributed by atoms with Crippen molar-refractivity contribution in [3.05, 3.63) is 69.0 Å². The normalized spacial score (nSPS) is 16.6. The minimum Gasteiger partial charge on any atom is -0.333 e. The van der Waals surface area contributed by atoms with Crippen LogP contribution in [0.2, 0.25) is 0 Å². The molecule has 1 amide bonds. The maximum absolute atomic E-state index is 13.0. The number of thiophene rings is 2. The van der Waals surface area contributed by atoms with Gasteiger partial charge in [0.15, 0.2) is 5.16 Å². The Bertz CT molecular complexity index is 1100. The number of aromatic nitrogens is 2. The van der Waals surface area contributed by atoms with Gasteiger partial charge in [0, 0.05) is 11.3 Å². The molecule has 1 aliphatic heterocycles. The average molecular weight is 425 g/mol. The first-order valence-corrected chi connectivity index (χ1v) is 11.6. The molecule has 3 aromatic heterocycles. The SMILES string of the molecule is O=C(CSc1nc2ccccc2[nH]1)N1N=C(c2cccs2)CC1c1cccs1. The van der Waals surface area contributed by atoms with Crippen LogP contribution in [0.15, 0.2) is 69.5 Å². The molecule has 0 bridgehead atoms. The second-order valence-corrected chi connectivity index (χ2v) is 9.24. The zero-order chi connectivity index (χ0) is 18.9. The number of imidazole rings is 1. The number of carbonyl (C=O) groups is 1. The van der Waals surface area contributed by atoms with Crippen LogP contribution in [0, 0.1) is 0 Å². The summed E-state index contributed by atoms with van der Waals surface area (Å²) in [4.78, 5) is 23.1. The molecule has 28 heavy (non-hydrogen) atoms. The highest BCUT2D eigenvalue weighted by molar-refractivity contribution is 7.99. The van der Waals surface area contributed by atoms with Gasteiger partial charge in [-0.05, 0) is 35.0 Å². The van der Waals surface area contributed by atoms with Crippen LogP contribution in [0.1, 0.15) is 22.2 Å². The van der Waals surface area contributed by atoms with E-state index in [2.05, 4.69) is 22.1 Å². The van der Waals surface area contributed by atoms with Crippen molar-refractivity contribution in [1.82, 2.24) is 15.0 Å². The number of benzene rings is 1. The molecule has 1 aromatic carbocycles. The van der Waals surface area contributed by atoms with Gasteiger partial charge in [-0.25, -0.2) is 9.99 Å². The zero-order valence-electron chi connectivity index (χ0n) is 14.7. The third-order valence-electron chi connectivity index (χ3n) is 4.54. The third kappa shape index (κ3) is 3.39. The fraction of sp³-hybridized carbons (Fsp3) is 0.150. The van der Waals surface area contributed by atoms with E-state index in [1.165, 1.54) is 11.8 Å². The van der Waals surface area contributed by atoms with Crippen molar-refractivity contribution in [2.75, 3.05) is 5.75 Å². The summed E-state index contributed by atoms with van der Waals surface area (Å²) in [6, 6.07) is 16.0. The Kier molecular flexibility index (Phi) is 4.76. The molecule has 1 aliphatic rings. The highest BCUT2D eigenvalue weighted by Crippen LogP contribution is 2.36. The molecule has 0 spiro atoms. The van der Waals surface area contributed by atoms with E-state index in [0.29, 0.717) is 5.75 Å². The van der Waals surface area contributed by atoms with Crippen molar-refractivity contribution in [2.24, 2.45) is 5.10 Å². The lowest BCUT2D eigenvalue weighted by Crippen LogP contribution is -2.28. The van der Waals surface area contributed by atoms with E-state index in [9.17, 15) is 4.79 Å². The van der Waals surface area contributed by atoms with Crippen LogP contribution < -0.4 is 0 Å². The lowest BCUT2D eigenvalue weighted by Gasteiger charge is -2.20. The highest BCUT2D eigenvalue weighted by Gasteiger charge is 2.34. The maximum atomic E-state index is 13.0. The number of carbonyl (C=O) groups excluding carboxylic acids is 1. The summed E-state index contributed by atoms with van der Waals surface area (Å²) in [5.74, 6) is 0.290. The van der Waals surface area contributed by atoms with Gasteiger partial charge >= 0.3 is 0 Å². The smallest absolute Gasteiger partial charge is 0.253 e. The van der Waals surface area contributed by atoms with Crippen LogP contribution in [0.25, 0.3) is 11.0 Å². The van der Waals surface area contributed by atoms with E-state index in [-0.39, 0.29) is 11.9 Å². The van der Waals surface area contributed by atoms with Crippen LogP contribution >= 0.6 is 34.4 Å². The molecule has 0 fully saturated rings. The van der Waals surface area contributed by atoms with Gasteiger partial charge in [-0.1, -0.05) is 36.0 Å². The quantitative estimate of drug-likeness (QED) is 0.450. The lowest BCUT2D eigenvalue weighted by molar-refractivity contribution is -0.130. The van der Waals surface area contributed by atoms with E-state index < -0.39 is 0 Å².